The number of rotatable bonds is 5. The van der Waals surface area contributed by atoms with Crippen LogP contribution in [-0.2, 0) is 13.5 Å². The van der Waals surface area contributed by atoms with Crippen LogP contribution >= 0.6 is 0 Å². The molecular weight excluding hydrogens is 228 g/mol. The average Bonchev–Trinajstić information content (AvgIpc) is 2.77. The Morgan fingerprint density at radius 3 is 2.94 bits per heavy atom. The molecule has 0 spiro atoms. The summed E-state index contributed by atoms with van der Waals surface area (Å²) in [6.45, 7) is 0.809. The molecule has 0 saturated heterocycles. The number of nitrogens with zero attached hydrogens (tertiary/aromatic N) is 2. The number of anilines is 2. The van der Waals surface area contributed by atoms with Crippen molar-refractivity contribution in [3.05, 3.63) is 36.2 Å². The van der Waals surface area contributed by atoms with Gasteiger partial charge in [0.2, 0.25) is 0 Å². The van der Waals surface area contributed by atoms with Gasteiger partial charge in [-0.15, -0.1) is 0 Å². The minimum Gasteiger partial charge on any atom is -0.497 e. The summed E-state index contributed by atoms with van der Waals surface area (Å²) in [7, 11) is 3.56. The molecular formula is C13H18N4O. The molecule has 1 aromatic heterocycles. The van der Waals surface area contributed by atoms with Crippen LogP contribution in [0, 0.1) is 0 Å². The average molecular weight is 246 g/mol. The van der Waals surface area contributed by atoms with E-state index < -0.39 is 0 Å². The third kappa shape index (κ3) is 2.94. The van der Waals surface area contributed by atoms with Crippen LogP contribution in [0.25, 0.3) is 0 Å². The summed E-state index contributed by atoms with van der Waals surface area (Å²) in [6.07, 6.45) is 4.79. The third-order valence-corrected chi connectivity index (χ3v) is 2.75. The Balaban J connectivity index is 1.93. The molecule has 0 amide bonds. The number of aromatic nitrogens is 2. The molecule has 0 fully saturated rings. The van der Waals surface area contributed by atoms with Crippen LogP contribution in [0.2, 0.25) is 0 Å². The minimum atomic E-state index is 0.724. The maximum atomic E-state index is 5.89. The van der Waals surface area contributed by atoms with Crippen molar-refractivity contribution >= 4 is 11.4 Å². The Bertz CT molecular complexity index is 521. The Kier molecular flexibility index (Phi) is 3.72. The van der Waals surface area contributed by atoms with Crippen LogP contribution in [0.15, 0.2) is 30.6 Å². The first-order valence-corrected chi connectivity index (χ1v) is 5.84. The monoisotopic (exact) mass is 246 g/mol. The van der Waals surface area contributed by atoms with Gasteiger partial charge < -0.3 is 15.8 Å². The lowest BCUT2D eigenvalue weighted by Crippen LogP contribution is -2.06. The molecule has 2 rings (SSSR count). The number of hydrogen-bond donors (Lipinski definition) is 2. The number of ether oxygens (including phenoxy) is 1. The molecule has 96 valence electrons. The summed E-state index contributed by atoms with van der Waals surface area (Å²) in [5.41, 5.74) is 8.72. The first kappa shape index (κ1) is 12.3. The van der Waals surface area contributed by atoms with E-state index in [-0.39, 0.29) is 0 Å². The van der Waals surface area contributed by atoms with Gasteiger partial charge >= 0.3 is 0 Å². The molecule has 5 nitrogen and oxygen atoms in total. The van der Waals surface area contributed by atoms with E-state index in [9.17, 15) is 0 Å². The highest BCUT2D eigenvalue weighted by molar-refractivity contribution is 5.68. The molecule has 18 heavy (non-hydrogen) atoms. The predicted octanol–water partition coefficient (Wildman–Crippen LogP) is 1.67. The molecule has 1 heterocycles. The first-order chi connectivity index (χ1) is 8.69. The Hall–Kier alpha value is -2.17. The van der Waals surface area contributed by atoms with E-state index in [1.807, 2.05) is 37.6 Å². The second kappa shape index (κ2) is 5.44. The summed E-state index contributed by atoms with van der Waals surface area (Å²) < 4.78 is 6.97. The number of nitrogen functional groups attached to an aromatic ring is 1. The van der Waals surface area contributed by atoms with Crippen LogP contribution in [0.4, 0.5) is 11.4 Å². The van der Waals surface area contributed by atoms with E-state index in [2.05, 4.69) is 10.4 Å². The second-order valence-electron chi connectivity index (χ2n) is 4.15. The molecule has 0 aliphatic rings. The van der Waals surface area contributed by atoms with Crippen molar-refractivity contribution in [3.63, 3.8) is 0 Å². The van der Waals surface area contributed by atoms with Crippen molar-refractivity contribution in [3.8, 4) is 5.75 Å². The van der Waals surface area contributed by atoms with Crippen LogP contribution in [-0.4, -0.2) is 23.4 Å². The zero-order valence-corrected chi connectivity index (χ0v) is 10.7. The standard InChI is InChI=1S/C13H18N4O/c1-17-9-10(8-16-17)5-6-15-13-7-11(18-2)3-4-12(13)14/h3-4,7-9,15H,5-6,14H2,1-2H3. The van der Waals surface area contributed by atoms with Crippen molar-refractivity contribution in [2.75, 3.05) is 24.7 Å². The van der Waals surface area contributed by atoms with Crippen molar-refractivity contribution in [1.29, 1.82) is 0 Å². The molecule has 0 radical (unpaired) electrons. The number of methoxy groups -OCH3 is 1. The van der Waals surface area contributed by atoms with E-state index in [4.69, 9.17) is 10.5 Å². The van der Waals surface area contributed by atoms with Gasteiger partial charge in [-0.25, -0.2) is 0 Å². The quantitative estimate of drug-likeness (QED) is 0.788. The predicted molar refractivity (Wildman–Crippen MR) is 72.8 cm³/mol. The van der Waals surface area contributed by atoms with Gasteiger partial charge in [0.1, 0.15) is 5.75 Å². The van der Waals surface area contributed by atoms with Crippen LogP contribution in [0.5, 0.6) is 5.75 Å². The van der Waals surface area contributed by atoms with E-state index in [0.717, 1.165) is 30.1 Å². The van der Waals surface area contributed by atoms with Gasteiger partial charge in [0, 0.05) is 25.9 Å². The molecule has 0 unspecified atom stereocenters. The van der Waals surface area contributed by atoms with E-state index >= 15 is 0 Å². The summed E-state index contributed by atoms with van der Waals surface area (Å²) in [4.78, 5) is 0. The van der Waals surface area contributed by atoms with Crippen molar-refractivity contribution < 1.29 is 4.74 Å². The fourth-order valence-electron chi connectivity index (χ4n) is 1.76. The molecule has 3 N–H and O–H groups in total. The largest absolute Gasteiger partial charge is 0.497 e. The SMILES string of the molecule is COc1ccc(N)c(NCCc2cnn(C)c2)c1. The molecule has 0 aliphatic heterocycles. The molecule has 0 bridgehead atoms. The van der Waals surface area contributed by atoms with E-state index in [0.29, 0.717) is 0 Å². The number of hydrogen-bond acceptors (Lipinski definition) is 4. The number of nitrogens with one attached hydrogen (secondary N) is 1. The second-order valence-corrected chi connectivity index (χ2v) is 4.15. The number of aryl methyl sites for hydroxylation is 1. The molecule has 0 atom stereocenters. The minimum absolute atomic E-state index is 0.724. The van der Waals surface area contributed by atoms with Crippen molar-refractivity contribution in [2.24, 2.45) is 7.05 Å². The lowest BCUT2D eigenvalue weighted by atomic mass is 10.2. The van der Waals surface area contributed by atoms with Gasteiger partial charge in [0.15, 0.2) is 0 Å². The van der Waals surface area contributed by atoms with Crippen molar-refractivity contribution in [1.82, 2.24) is 9.78 Å². The highest BCUT2D eigenvalue weighted by atomic mass is 16.5. The van der Waals surface area contributed by atoms with Gasteiger partial charge in [0.05, 0.1) is 24.7 Å². The van der Waals surface area contributed by atoms with Gasteiger partial charge in [-0.3, -0.25) is 4.68 Å². The summed E-state index contributed by atoms with van der Waals surface area (Å²) >= 11 is 0. The summed E-state index contributed by atoms with van der Waals surface area (Å²) in [5, 5.41) is 7.43. The molecule has 1 aromatic carbocycles. The maximum absolute atomic E-state index is 5.89. The molecule has 2 aromatic rings. The lowest BCUT2D eigenvalue weighted by Gasteiger charge is -2.10. The summed E-state index contributed by atoms with van der Waals surface area (Å²) in [6, 6.07) is 5.59. The zero-order valence-electron chi connectivity index (χ0n) is 10.7. The highest BCUT2D eigenvalue weighted by Gasteiger charge is 2.01. The topological polar surface area (TPSA) is 65.1 Å². The lowest BCUT2D eigenvalue weighted by molar-refractivity contribution is 0.415. The van der Waals surface area contributed by atoms with Crippen LogP contribution in [0.3, 0.4) is 0 Å². The van der Waals surface area contributed by atoms with Gasteiger partial charge in [-0.1, -0.05) is 0 Å². The highest BCUT2D eigenvalue weighted by Crippen LogP contribution is 2.24. The van der Waals surface area contributed by atoms with Gasteiger partial charge in [-0.05, 0) is 24.1 Å². The Morgan fingerprint density at radius 1 is 1.44 bits per heavy atom. The first-order valence-electron chi connectivity index (χ1n) is 5.84. The zero-order chi connectivity index (χ0) is 13.0. The molecule has 5 heteroatoms. The van der Waals surface area contributed by atoms with Gasteiger partial charge in [0.25, 0.3) is 0 Å². The fraction of sp³-hybridized carbons (Fsp3) is 0.308. The normalized spacial score (nSPS) is 10.3. The Morgan fingerprint density at radius 2 is 2.28 bits per heavy atom. The van der Waals surface area contributed by atoms with E-state index in [1.165, 1.54) is 5.56 Å². The maximum Gasteiger partial charge on any atom is 0.121 e. The van der Waals surface area contributed by atoms with Crippen LogP contribution < -0.4 is 15.8 Å². The number of nitrogens with two attached hydrogens (primary N) is 1. The van der Waals surface area contributed by atoms with Crippen LogP contribution in [0.1, 0.15) is 5.56 Å². The Labute approximate surface area is 107 Å². The van der Waals surface area contributed by atoms with Gasteiger partial charge in [-0.2, -0.15) is 5.10 Å². The third-order valence-electron chi connectivity index (χ3n) is 2.75. The van der Waals surface area contributed by atoms with E-state index in [1.54, 1.807) is 11.8 Å². The fourth-order valence-corrected chi connectivity index (χ4v) is 1.76. The number of benzene rings is 1. The molecule has 0 aliphatic carbocycles. The molecule has 0 saturated carbocycles. The van der Waals surface area contributed by atoms with Crippen molar-refractivity contribution in [2.45, 2.75) is 6.42 Å². The smallest absolute Gasteiger partial charge is 0.121 e. The summed E-state index contributed by atoms with van der Waals surface area (Å²) in [5.74, 6) is 0.799.